The Kier molecular flexibility index (Phi) is 6.02. The first-order chi connectivity index (χ1) is 11.7. The molecule has 0 saturated carbocycles. The maximum atomic E-state index is 12.8. The summed E-state index contributed by atoms with van der Waals surface area (Å²) >= 11 is 8.62. The molecule has 132 valence electrons. The number of aromatic nitrogens is 1. The average Bonchev–Trinajstić information content (AvgIpc) is 2.53. The van der Waals surface area contributed by atoms with Gasteiger partial charge in [0.25, 0.3) is 5.91 Å². The summed E-state index contributed by atoms with van der Waals surface area (Å²) in [6.07, 6.45) is -1.94. The highest BCUT2D eigenvalue weighted by Gasteiger charge is 2.33. The molecule has 10 heteroatoms. The summed E-state index contributed by atoms with van der Waals surface area (Å²) in [5, 5.41) is 1.71. The zero-order valence-corrected chi connectivity index (χ0v) is 14.6. The van der Waals surface area contributed by atoms with Gasteiger partial charge < -0.3 is 10.1 Å². The molecule has 0 aliphatic heterocycles. The third-order valence-electron chi connectivity index (χ3n) is 2.83. The third kappa shape index (κ3) is 5.43. The second-order valence-electron chi connectivity index (χ2n) is 4.71. The van der Waals surface area contributed by atoms with Gasteiger partial charge in [-0.2, -0.15) is 13.2 Å². The number of halogens is 5. The fraction of sp³-hybridized carbons (Fsp3) is 0.133. The van der Waals surface area contributed by atoms with E-state index in [1.165, 1.54) is 24.5 Å². The molecule has 1 aromatic heterocycles. The number of carbonyl (C=O) groups excluding carboxylic acids is 2. The van der Waals surface area contributed by atoms with Gasteiger partial charge in [0.2, 0.25) is 0 Å². The van der Waals surface area contributed by atoms with Gasteiger partial charge in [-0.1, -0.05) is 11.6 Å². The van der Waals surface area contributed by atoms with Crippen LogP contribution in [-0.4, -0.2) is 23.5 Å². The maximum absolute atomic E-state index is 12.8. The Balaban J connectivity index is 1.98. The number of benzene rings is 1. The van der Waals surface area contributed by atoms with Gasteiger partial charge in [0.15, 0.2) is 6.61 Å². The number of amides is 1. The lowest BCUT2D eigenvalue weighted by atomic mass is 10.2. The number of pyridine rings is 1. The molecule has 1 aromatic carbocycles. The summed E-state index contributed by atoms with van der Waals surface area (Å²) in [6.45, 7) is -0.671. The lowest BCUT2D eigenvalue weighted by Crippen LogP contribution is -2.21. The monoisotopic (exact) mass is 436 g/mol. The molecule has 0 fully saturated rings. The quantitative estimate of drug-likeness (QED) is 0.724. The molecule has 0 aliphatic rings. The lowest BCUT2D eigenvalue weighted by molar-refractivity contribution is -0.137. The highest BCUT2D eigenvalue weighted by atomic mass is 79.9. The number of esters is 1. The summed E-state index contributed by atoms with van der Waals surface area (Å²) in [5.41, 5.74) is -1.08. The van der Waals surface area contributed by atoms with Crippen LogP contribution < -0.4 is 5.32 Å². The van der Waals surface area contributed by atoms with Crippen LogP contribution in [0.5, 0.6) is 0 Å². The summed E-state index contributed by atoms with van der Waals surface area (Å²) in [4.78, 5) is 27.3. The molecular weight excluding hydrogens is 429 g/mol. The van der Waals surface area contributed by atoms with Crippen LogP contribution in [0.2, 0.25) is 5.02 Å². The number of hydrogen-bond donors (Lipinski definition) is 1. The number of carbonyl (C=O) groups is 2. The molecule has 0 bridgehead atoms. The van der Waals surface area contributed by atoms with E-state index in [-0.39, 0.29) is 11.3 Å². The molecule has 2 aromatic rings. The summed E-state index contributed by atoms with van der Waals surface area (Å²) in [7, 11) is 0. The number of nitrogens with zero attached hydrogens (tertiary/aromatic N) is 1. The van der Waals surface area contributed by atoms with E-state index in [2.05, 4.69) is 26.2 Å². The van der Waals surface area contributed by atoms with Crippen LogP contribution in [0.15, 0.2) is 41.1 Å². The van der Waals surface area contributed by atoms with E-state index < -0.39 is 35.2 Å². The van der Waals surface area contributed by atoms with E-state index in [4.69, 9.17) is 16.3 Å². The van der Waals surface area contributed by atoms with Crippen molar-refractivity contribution in [2.45, 2.75) is 6.18 Å². The number of alkyl halides is 3. The Morgan fingerprint density at radius 2 is 1.96 bits per heavy atom. The van der Waals surface area contributed by atoms with Gasteiger partial charge in [0, 0.05) is 22.6 Å². The van der Waals surface area contributed by atoms with Gasteiger partial charge in [-0.25, -0.2) is 4.79 Å². The average molecular weight is 438 g/mol. The topological polar surface area (TPSA) is 68.3 Å². The van der Waals surface area contributed by atoms with Crippen LogP contribution in [0.4, 0.5) is 18.9 Å². The molecule has 25 heavy (non-hydrogen) atoms. The van der Waals surface area contributed by atoms with Crippen LogP contribution in [-0.2, 0) is 15.7 Å². The SMILES string of the molecule is O=C(COC(=O)c1cncc(Br)c1)Nc1ccc(Cl)c(C(F)(F)F)c1. The van der Waals surface area contributed by atoms with Crippen LogP contribution in [0.25, 0.3) is 0 Å². The molecule has 2 rings (SSSR count). The van der Waals surface area contributed by atoms with Crippen molar-refractivity contribution >= 4 is 45.1 Å². The predicted octanol–water partition coefficient (Wildman–Crippen LogP) is 4.31. The second-order valence-corrected chi connectivity index (χ2v) is 6.03. The second kappa shape index (κ2) is 7.83. The van der Waals surface area contributed by atoms with Gasteiger partial charge in [-0.15, -0.1) is 0 Å². The Bertz CT molecular complexity index is 815. The third-order valence-corrected chi connectivity index (χ3v) is 3.59. The first-order valence-electron chi connectivity index (χ1n) is 6.61. The molecular formula is C15H9BrClF3N2O3. The van der Waals surface area contributed by atoms with Crippen LogP contribution in [0.3, 0.4) is 0 Å². The Hall–Kier alpha value is -2.13. The van der Waals surface area contributed by atoms with E-state index in [9.17, 15) is 22.8 Å². The number of ether oxygens (including phenoxy) is 1. The van der Waals surface area contributed by atoms with Crippen molar-refractivity contribution in [3.05, 3.63) is 57.3 Å². The van der Waals surface area contributed by atoms with Crippen LogP contribution in [0.1, 0.15) is 15.9 Å². The highest BCUT2D eigenvalue weighted by Crippen LogP contribution is 2.36. The number of hydrogen-bond acceptors (Lipinski definition) is 4. The van der Waals surface area contributed by atoms with Gasteiger partial charge in [-0.3, -0.25) is 9.78 Å². The van der Waals surface area contributed by atoms with Crippen molar-refractivity contribution in [2.24, 2.45) is 0 Å². The summed E-state index contributed by atoms with van der Waals surface area (Å²) in [6, 6.07) is 4.36. The van der Waals surface area contributed by atoms with E-state index >= 15 is 0 Å². The van der Waals surface area contributed by atoms with Crippen molar-refractivity contribution < 1.29 is 27.5 Å². The molecule has 1 amide bonds. The molecule has 0 spiro atoms. The van der Waals surface area contributed by atoms with Gasteiger partial charge in [0.05, 0.1) is 16.1 Å². The molecule has 5 nitrogen and oxygen atoms in total. The molecule has 0 radical (unpaired) electrons. The molecule has 0 saturated heterocycles. The molecule has 0 unspecified atom stereocenters. The fourth-order valence-corrected chi connectivity index (χ4v) is 2.34. The van der Waals surface area contributed by atoms with Crippen molar-refractivity contribution in [1.82, 2.24) is 4.98 Å². The molecule has 1 heterocycles. The molecule has 0 atom stereocenters. The number of rotatable bonds is 4. The van der Waals surface area contributed by atoms with Crippen molar-refractivity contribution in [2.75, 3.05) is 11.9 Å². The van der Waals surface area contributed by atoms with E-state index in [1.54, 1.807) is 0 Å². The Morgan fingerprint density at radius 1 is 1.24 bits per heavy atom. The van der Waals surface area contributed by atoms with Crippen molar-refractivity contribution in [1.29, 1.82) is 0 Å². The van der Waals surface area contributed by atoms with E-state index in [0.29, 0.717) is 10.5 Å². The number of anilines is 1. The summed E-state index contributed by atoms with van der Waals surface area (Å²) < 4.78 is 43.6. The Morgan fingerprint density at radius 3 is 2.60 bits per heavy atom. The first-order valence-corrected chi connectivity index (χ1v) is 7.78. The van der Waals surface area contributed by atoms with E-state index in [1.807, 2.05) is 0 Å². The standard InChI is InChI=1S/C15H9BrClF3N2O3/c16-9-3-8(5-21-6-9)14(24)25-7-13(23)22-10-1-2-12(17)11(4-10)15(18,19)20/h1-6H,7H2,(H,22,23). The number of nitrogens with one attached hydrogen (secondary N) is 1. The molecule has 0 aliphatic carbocycles. The highest BCUT2D eigenvalue weighted by molar-refractivity contribution is 9.10. The summed E-state index contributed by atoms with van der Waals surface area (Å²) in [5.74, 6) is -1.59. The smallest absolute Gasteiger partial charge is 0.417 e. The predicted molar refractivity (Wildman–Crippen MR) is 87.3 cm³/mol. The van der Waals surface area contributed by atoms with Crippen molar-refractivity contribution in [3.63, 3.8) is 0 Å². The van der Waals surface area contributed by atoms with Crippen molar-refractivity contribution in [3.8, 4) is 0 Å². The minimum Gasteiger partial charge on any atom is -0.452 e. The fourth-order valence-electron chi connectivity index (χ4n) is 1.76. The largest absolute Gasteiger partial charge is 0.452 e. The Labute approximate surface area is 153 Å². The van der Waals surface area contributed by atoms with Crippen LogP contribution >= 0.6 is 27.5 Å². The van der Waals surface area contributed by atoms with Crippen LogP contribution in [0, 0.1) is 0 Å². The normalized spacial score (nSPS) is 11.1. The minimum atomic E-state index is -4.65. The molecule has 1 N–H and O–H groups in total. The zero-order chi connectivity index (χ0) is 18.6. The minimum absolute atomic E-state index is 0.119. The van der Waals surface area contributed by atoms with Gasteiger partial charge >= 0.3 is 12.1 Å². The maximum Gasteiger partial charge on any atom is 0.417 e. The zero-order valence-electron chi connectivity index (χ0n) is 12.2. The van der Waals surface area contributed by atoms with Gasteiger partial charge in [0.1, 0.15) is 0 Å². The lowest BCUT2D eigenvalue weighted by Gasteiger charge is -2.12. The first kappa shape index (κ1) is 19.2. The van der Waals surface area contributed by atoms with E-state index in [0.717, 1.165) is 6.07 Å². The van der Waals surface area contributed by atoms with Gasteiger partial charge in [-0.05, 0) is 40.2 Å².